The minimum Gasteiger partial charge on any atom is -0.312 e. The van der Waals surface area contributed by atoms with Crippen LogP contribution in [0, 0.1) is 0 Å². The number of rotatable bonds is 4. The maximum Gasteiger partial charge on any atom is 0.243 e. The summed E-state index contributed by atoms with van der Waals surface area (Å²) in [6.45, 7) is 2.39. The van der Waals surface area contributed by atoms with Gasteiger partial charge in [0.1, 0.15) is 0 Å². The van der Waals surface area contributed by atoms with E-state index >= 15 is 0 Å². The molecule has 126 valence electrons. The summed E-state index contributed by atoms with van der Waals surface area (Å²) in [5, 5.41) is 0. The average Bonchev–Trinajstić information content (AvgIpc) is 2.99. The normalized spacial score (nSPS) is 14.0. The summed E-state index contributed by atoms with van der Waals surface area (Å²) in [6.07, 6.45) is 3.95. The van der Waals surface area contributed by atoms with Gasteiger partial charge in [0, 0.05) is 45.1 Å². The number of aromatic nitrogens is 1. The highest BCUT2D eigenvalue weighted by Gasteiger charge is 2.26. The van der Waals surface area contributed by atoms with Gasteiger partial charge in [0.2, 0.25) is 15.9 Å². The second-order valence-corrected chi connectivity index (χ2v) is 7.87. The summed E-state index contributed by atoms with van der Waals surface area (Å²) in [5.74, 6) is -0.0286. The zero-order valence-corrected chi connectivity index (χ0v) is 14.5. The van der Waals surface area contributed by atoms with Crippen molar-refractivity contribution >= 4 is 21.6 Å². The number of amides is 1. The van der Waals surface area contributed by atoms with Crippen LogP contribution in [0.3, 0.4) is 0 Å². The first-order valence-electron chi connectivity index (χ1n) is 7.66. The minimum absolute atomic E-state index is 0.0286. The van der Waals surface area contributed by atoms with E-state index in [1.807, 2.05) is 0 Å². The van der Waals surface area contributed by atoms with E-state index in [0.717, 1.165) is 16.8 Å². The molecule has 24 heavy (non-hydrogen) atoms. The largest absolute Gasteiger partial charge is 0.312 e. The molecular weight excluding hydrogens is 326 g/mol. The van der Waals surface area contributed by atoms with Crippen molar-refractivity contribution in [2.24, 2.45) is 0 Å². The van der Waals surface area contributed by atoms with E-state index in [-0.39, 0.29) is 17.3 Å². The molecule has 1 amide bonds. The van der Waals surface area contributed by atoms with Gasteiger partial charge in [-0.15, -0.1) is 0 Å². The van der Waals surface area contributed by atoms with Crippen molar-refractivity contribution in [1.29, 1.82) is 0 Å². The fraction of sp³-hybridized carbons (Fsp3) is 0.294. The number of benzene rings is 1. The summed E-state index contributed by atoms with van der Waals surface area (Å²) in [5.41, 5.74) is 2.57. The van der Waals surface area contributed by atoms with Crippen LogP contribution in [0.2, 0.25) is 0 Å². The molecule has 1 aliphatic heterocycles. The van der Waals surface area contributed by atoms with Crippen LogP contribution >= 0.6 is 0 Å². The second kappa shape index (κ2) is 6.33. The molecule has 0 saturated heterocycles. The molecule has 1 aliphatic rings. The predicted octanol–water partition coefficient (Wildman–Crippen LogP) is 1.81. The van der Waals surface area contributed by atoms with Crippen LogP contribution in [0.25, 0.3) is 0 Å². The number of sulfonamides is 1. The maximum absolute atomic E-state index is 12.8. The molecule has 1 aromatic carbocycles. The van der Waals surface area contributed by atoms with Crippen molar-refractivity contribution in [3.8, 4) is 0 Å². The molecule has 0 atom stereocenters. The Labute approximate surface area is 141 Å². The third-order valence-electron chi connectivity index (χ3n) is 4.19. The smallest absolute Gasteiger partial charge is 0.243 e. The third-order valence-corrected chi connectivity index (χ3v) is 5.99. The van der Waals surface area contributed by atoms with Gasteiger partial charge in [-0.1, -0.05) is 0 Å². The Balaban J connectivity index is 1.87. The van der Waals surface area contributed by atoms with E-state index in [9.17, 15) is 13.2 Å². The van der Waals surface area contributed by atoms with Crippen molar-refractivity contribution in [2.45, 2.75) is 24.8 Å². The monoisotopic (exact) mass is 345 g/mol. The highest BCUT2D eigenvalue weighted by atomic mass is 32.2. The zero-order valence-electron chi connectivity index (χ0n) is 13.6. The van der Waals surface area contributed by atoms with Crippen LogP contribution in [0.1, 0.15) is 18.1 Å². The lowest BCUT2D eigenvalue weighted by Gasteiger charge is -2.19. The van der Waals surface area contributed by atoms with Crippen LogP contribution in [-0.4, -0.2) is 37.2 Å². The van der Waals surface area contributed by atoms with Gasteiger partial charge in [-0.2, -0.15) is 4.31 Å². The molecule has 0 fully saturated rings. The number of carbonyl (C=O) groups excluding carboxylic acids is 1. The standard InChI is InChI=1S/C17H19N3O3S/c1-13(21)20-10-7-15-11-16(3-4-17(15)20)24(22,23)19(2)12-14-5-8-18-9-6-14/h3-6,8-9,11H,7,10,12H2,1-2H3. The number of fused-ring (bicyclic) bond motifs is 1. The van der Waals surface area contributed by atoms with Crippen LogP contribution in [0.5, 0.6) is 0 Å². The molecule has 0 saturated carbocycles. The van der Waals surface area contributed by atoms with Crippen molar-refractivity contribution in [2.75, 3.05) is 18.5 Å². The molecule has 0 spiro atoms. The minimum atomic E-state index is -3.59. The number of hydrogen-bond donors (Lipinski definition) is 0. The predicted molar refractivity (Wildman–Crippen MR) is 91.1 cm³/mol. The molecule has 0 radical (unpaired) electrons. The first kappa shape index (κ1) is 16.6. The molecule has 0 N–H and O–H groups in total. The Morgan fingerprint density at radius 1 is 1.25 bits per heavy atom. The molecule has 6 nitrogen and oxygen atoms in total. The third kappa shape index (κ3) is 3.05. The number of carbonyl (C=O) groups is 1. The molecule has 0 aliphatic carbocycles. The lowest BCUT2D eigenvalue weighted by Crippen LogP contribution is -2.27. The molecule has 0 bridgehead atoms. The molecule has 2 aromatic rings. The number of pyridine rings is 1. The quantitative estimate of drug-likeness (QED) is 0.847. The van der Waals surface area contributed by atoms with E-state index in [1.54, 1.807) is 54.7 Å². The van der Waals surface area contributed by atoms with Crippen molar-refractivity contribution in [1.82, 2.24) is 9.29 Å². The lowest BCUT2D eigenvalue weighted by molar-refractivity contribution is -0.116. The molecule has 7 heteroatoms. The Morgan fingerprint density at radius 2 is 1.96 bits per heavy atom. The first-order valence-corrected chi connectivity index (χ1v) is 9.10. The van der Waals surface area contributed by atoms with Crippen LogP contribution in [0.15, 0.2) is 47.6 Å². The number of anilines is 1. The van der Waals surface area contributed by atoms with Crippen LogP contribution in [0.4, 0.5) is 5.69 Å². The number of hydrogen-bond acceptors (Lipinski definition) is 4. The van der Waals surface area contributed by atoms with Gasteiger partial charge in [0.05, 0.1) is 4.90 Å². The SMILES string of the molecule is CC(=O)N1CCc2cc(S(=O)(=O)N(C)Cc3ccncc3)ccc21. The summed E-state index contributed by atoms with van der Waals surface area (Å²) in [6, 6.07) is 8.55. The highest BCUT2D eigenvalue weighted by molar-refractivity contribution is 7.89. The summed E-state index contributed by atoms with van der Waals surface area (Å²) >= 11 is 0. The molecular formula is C17H19N3O3S. The van der Waals surface area contributed by atoms with Gasteiger partial charge in [-0.05, 0) is 47.9 Å². The van der Waals surface area contributed by atoms with Crippen LogP contribution < -0.4 is 4.90 Å². The van der Waals surface area contributed by atoms with Gasteiger partial charge < -0.3 is 4.90 Å². The van der Waals surface area contributed by atoms with Gasteiger partial charge in [0.15, 0.2) is 0 Å². The number of nitrogens with zero attached hydrogens (tertiary/aromatic N) is 3. The van der Waals surface area contributed by atoms with Crippen molar-refractivity contribution in [3.63, 3.8) is 0 Å². The van der Waals surface area contributed by atoms with Crippen molar-refractivity contribution in [3.05, 3.63) is 53.9 Å². The molecule has 3 rings (SSSR count). The zero-order chi connectivity index (χ0) is 17.3. The Morgan fingerprint density at radius 3 is 2.62 bits per heavy atom. The van der Waals surface area contributed by atoms with Gasteiger partial charge in [-0.3, -0.25) is 9.78 Å². The fourth-order valence-electron chi connectivity index (χ4n) is 2.88. The second-order valence-electron chi connectivity index (χ2n) is 5.83. The topological polar surface area (TPSA) is 70.6 Å². The first-order chi connectivity index (χ1) is 11.4. The summed E-state index contributed by atoms with van der Waals surface area (Å²) in [4.78, 5) is 17.5. The van der Waals surface area contributed by atoms with Gasteiger partial charge >= 0.3 is 0 Å². The van der Waals surface area contributed by atoms with E-state index in [0.29, 0.717) is 13.0 Å². The van der Waals surface area contributed by atoms with Gasteiger partial charge in [-0.25, -0.2) is 8.42 Å². The Hall–Kier alpha value is -2.25. The average molecular weight is 345 g/mol. The van der Waals surface area contributed by atoms with Crippen LogP contribution in [-0.2, 0) is 27.8 Å². The summed E-state index contributed by atoms with van der Waals surface area (Å²) < 4.78 is 26.9. The molecule has 2 heterocycles. The molecule has 1 aromatic heterocycles. The van der Waals surface area contributed by atoms with Crippen molar-refractivity contribution < 1.29 is 13.2 Å². The Kier molecular flexibility index (Phi) is 4.38. The lowest BCUT2D eigenvalue weighted by atomic mass is 10.2. The fourth-order valence-corrected chi connectivity index (χ4v) is 4.09. The molecule has 0 unspecified atom stereocenters. The van der Waals surface area contributed by atoms with Gasteiger partial charge in [0.25, 0.3) is 0 Å². The van der Waals surface area contributed by atoms with E-state index in [4.69, 9.17) is 0 Å². The maximum atomic E-state index is 12.8. The highest BCUT2D eigenvalue weighted by Crippen LogP contribution is 2.31. The van der Waals surface area contributed by atoms with E-state index < -0.39 is 10.0 Å². The Bertz CT molecular complexity index is 866. The summed E-state index contributed by atoms with van der Waals surface area (Å²) in [7, 11) is -2.03. The van der Waals surface area contributed by atoms with E-state index in [1.165, 1.54) is 11.2 Å². The van der Waals surface area contributed by atoms with E-state index in [2.05, 4.69) is 4.98 Å².